The monoisotopic (exact) mass is 242 g/mol. The van der Waals surface area contributed by atoms with Gasteiger partial charge >= 0.3 is 0 Å². The molecule has 0 bridgehead atoms. The first-order valence-electron chi connectivity index (χ1n) is 6.44. The van der Waals surface area contributed by atoms with Gasteiger partial charge in [-0.15, -0.1) is 0 Å². The second-order valence-corrected chi connectivity index (χ2v) is 5.15. The number of hydrogen-bond acceptors (Lipinski definition) is 4. The van der Waals surface area contributed by atoms with Gasteiger partial charge in [0, 0.05) is 19.0 Å². The van der Waals surface area contributed by atoms with Crippen LogP contribution in [0.3, 0.4) is 0 Å². The van der Waals surface area contributed by atoms with Crippen LogP contribution in [0.25, 0.3) is 0 Å². The van der Waals surface area contributed by atoms with Gasteiger partial charge in [0.15, 0.2) is 0 Å². The van der Waals surface area contributed by atoms with Crippen LogP contribution in [0.15, 0.2) is 0 Å². The highest BCUT2D eigenvalue weighted by Gasteiger charge is 2.42. The largest absolute Gasteiger partial charge is 0.386 e. The Labute approximate surface area is 102 Å². The van der Waals surface area contributed by atoms with E-state index in [2.05, 4.69) is 5.32 Å². The molecule has 0 radical (unpaired) electrons. The second kappa shape index (κ2) is 5.33. The number of β-amino-alcohol motifs (C(OH)–C–C–N with tert-alkyl or cyclic N) is 1. The van der Waals surface area contributed by atoms with Crippen molar-refractivity contribution in [1.29, 1.82) is 0 Å². The molecule has 2 aliphatic heterocycles. The van der Waals surface area contributed by atoms with Crippen LogP contribution in [-0.2, 0) is 9.53 Å². The fourth-order valence-corrected chi connectivity index (χ4v) is 2.55. The number of carbonyl (C=O) groups is 1. The number of hydrogen-bond donors (Lipinski definition) is 2. The van der Waals surface area contributed by atoms with Gasteiger partial charge < -0.3 is 20.1 Å². The molecule has 2 heterocycles. The maximum atomic E-state index is 11.9. The lowest BCUT2D eigenvalue weighted by atomic mass is 9.89. The number of amides is 1. The summed E-state index contributed by atoms with van der Waals surface area (Å²) in [5, 5.41) is 13.3. The minimum absolute atomic E-state index is 0.119. The molecule has 2 N–H and O–H groups in total. The van der Waals surface area contributed by atoms with Crippen LogP contribution >= 0.6 is 0 Å². The molecule has 0 aromatic carbocycles. The summed E-state index contributed by atoms with van der Waals surface area (Å²) in [5.41, 5.74) is -0.624. The van der Waals surface area contributed by atoms with Gasteiger partial charge in [0.05, 0.1) is 31.9 Å². The highest BCUT2D eigenvalue weighted by molar-refractivity contribution is 5.78. The molecular formula is C12H22N2O3. The third-order valence-electron chi connectivity index (χ3n) is 3.46. The Morgan fingerprint density at radius 3 is 2.94 bits per heavy atom. The Balaban J connectivity index is 1.71. The minimum atomic E-state index is -0.624. The summed E-state index contributed by atoms with van der Waals surface area (Å²) >= 11 is 0. The molecule has 0 saturated carbocycles. The Morgan fingerprint density at radius 1 is 1.59 bits per heavy atom. The number of rotatable bonds is 4. The quantitative estimate of drug-likeness (QED) is 0.713. The number of ether oxygens (including phenoxy) is 1. The van der Waals surface area contributed by atoms with E-state index in [1.54, 1.807) is 4.90 Å². The van der Waals surface area contributed by atoms with E-state index < -0.39 is 5.60 Å². The summed E-state index contributed by atoms with van der Waals surface area (Å²) in [6.07, 6.45) is 2.21. The Bertz CT molecular complexity index is 271. The Hall–Kier alpha value is -0.650. The smallest absolute Gasteiger partial charge is 0.224 e. The van der Waals surface area contributed by atoms with Gasteiger partial charge in [-0.2, -0.15) is 0 Å². The second-order valence-electron chi connectivity index (χ2n) is 5.15. The highest BCUT2D eigenvalue weighted by atomic mass is 16.5. The number of nitrogens with one attached hydrogen (secondary N) is 1. The van der Waals surface area contributed by atoms with E-state index in [1.165, 1.54) is 0 Å². The SMILES string of the molecule is CCCC1(O)CN(C(=O)CC2COCCN2)C1. The van der Waals surface area contributed by atoms with E-state index >= 15 is 0 Å². The Morgan fingerprint density at radius 2 is 2.35 bits per heavy atom. The highest BCUT2D eigenvalue weighted by Crippen LogP contribution is 2.26. The predicted octanol–water partition coefficient (Wildman–Crippen LogP) is -0.262. The van der Waals surface area contributed by atoms with Gasteiger partial charge in [0.2, 0.25) is 5.91 Å². The van der Waals surface area contributed by atoms with Crippen molar-refractivity contribution in [2.45, 2.75) is 37.8 Å². The molecule has 5 heteroatoms. The normalized spacial score (nSPS) is 27.6. The number of aliphatic hydroxyl groups is 1. The lowest BCUT2D eigenvalue weighted by Gasteiger charge is -2.47. The van der Waals surface area contributed by atoms with Gasteiger partial charge in [0.1, 0.15) is 0 Å². The van der Waals surface area contributed by atoms with Gasteiger partial charge in [0.25, 0.3) is 0 Å². The van der Waals surface area contributed by atoms with Crippen LogP contribution in [0.1, 0.15) is 26.2 Å². The van der Waals surface area contributed by atoms with Gasteiger partial charge in [-0.1, -0.05) is 13.3 Å². The summed E-state index contributed by atoms with van der Waals surface area (Å²) in [6.45, 7) is 5.19. The van der Waals surface area contributed by atoms with Crippen molar-refractivity contribution < 1.29 is 14.6 Å². The summed E-state index contributed by atoms with van der Waals surface area (Å²) in [5.74, 6) is 0.119. The van der Waals surface area contributed by atoms with E-state index in [1.807, 2.05) is 6.92 Å². The van der Waals surface area contributed by atoms with Crippen LogP contribution in [0.5, 0.6) is 0 Å². The summed E-state index contributed by atoms with van der Waals surface area (Å²) in [6, 6.07) is 0.135. The van der Waals surface area contributed by atoms with Crippen LogP contribution in [-0.4, -0.2) is 60.4 Å². The number of carbonyl (C=O) groups excluding carboxylic acids is 1. The van der Waals surface area contributed by atoms with E-state index in [9.17, 15) is 9.90 Å². The molecule has 0 aromatic rings. The summed E-state index contributed by atoms with van der Waals surface area (Å²) in [4.78, 5) is 13.6. The lowest BCUT2D eigenvalue weighted by molar-refractivity contribution is -0.157. The van der Waals surface area contributed by atoms with Crippen molar-refractivity contribution >= 4 is 5.91 Å². The molecule has 1 atom stereocenters. The van der Waals surface area contributed by atoms with Gasteiger partial charge in [-0.05, 0) is 6.42 Å². The first kappa shape index (κ1) is 12.8. The average molecular weight is 242 g/mol. The minimum Gasteiger partial charge on any atom is -0.386 e. The van der Waals surface area contributed by atoms with E-state index in [0.29, 0.717) is 26.1 Å². The molecule has 1 amide bonds. The molecule has 0 aromatic heterocycles. The van der Waals surface area contributed by atoms with E-state index in [4.69, 9.17) is 4.74 Å². The summed E-state index contributed by atoms with van der Waals surface area (Å²) < 4.78 is 5.31. The number of likely N-dealkylation sites (tertiary alicyclic amines) is 1. The standard InChI is InChI=1S/C12H22N2O3/c1-2-3-12(16)8-14(9-12)11(15)6-10-7-17-5-4-13-10/h10,13,16H,2-9H2,1H3. The third-order valence-corrected chi connectivity index (χ3v) is 3.46. The molecule has 2 rings (SSSR count). The first-order chi connectivity index (χ1) is 8.13. The molecule has 5 nitrogen and oxygen atoms in total. The first-order valence-corrected chi connectivity index (χ1v) is 6.44. The molecule has 1 unspecified atom stereocenters. The number of nitrogens with zero attached hydrogens (tertiary/aromatic N) is 1. The van der Waals surface area contributed by atoms with E-state index in [-0.39, 0.29) is 11.9 Å². The lowest BCUT2D eigenvalue weighted by Crippen LogP contribution is -2.64. The predicted molar refractivity (Wildman–Crippen MR) is 63.7 cm³/mol. The van der Waals surface area contributed by atoms with Crippen molar-refractivity contribution in [3.8, 4) is 0 Å². The maximum absolute atomic E-state index is 11.9. The molecule has 17 heavy (non-hydrogen) atoms. The molecule has 2 fully saturated rings. The van der Waals surface area contributed by atoms with Gasteiger partial charge in [-0.25, -0.2) is 0 Å². The van der Waals surface area contributed by atoms with Crippen molar-refractivity contribution in [1.82, 2.24) is 10.2 Å². The van der Waals surface area contributed by atoms with Crippen molar-refractivity contribution in [3.63, 3.8) is 0 Å². The van der Waals surface area contributed by atoms with Crippen molar-refractivity contribution in [3.05, 3.63) is 0 Å². The Kier molecular flexibility index (Phi) is 4.01. The van der Waals surface area contributed by atoms with E-state index in [0.717, 1.165) is 26.0 Å². The molecule has 0 aliphatic carbocycles. The molecule has 2 aliphatic rings. The molecular weight excluding hydrogens is 220 g/mol. The van der Waals surface area contributed by atoms with Crippen LogP contribution in [0.4, 0.5) is 0 Å². The van der Waals surface area contributed by atoms with Crippen molar-refractivity contribution in [2.75, 3.05) is 32.8 Å². The molecule has 0 spiro atoms. The zero-order valence-corrected chi connectivity index (χ0v) is 10.4. The molecule has 98 valence electrons. The van der Waals surface area contributed by atoms with Crippen LogP contribution < -0.4 is 5.32 Å². The summed E-state index contributed by atoms with van der Waals surface area (Å²) in [7, 11) is 0. The van der Waals surface area contributed by atoms with Crippen molar-refractivity contribution in [2.24, 2.45) is 0 Å². The zero-order chi connectivity index (χ0) is 12.3. The average Bonchev–Trinajstić information content (AvgIpc) is 2.27. The number of morpholine rings is 1. The third kappa shape index (κ3) is 3.18. The van der Waals surface area contributed by atoms with Gasteiger partial charge in [-0.3, -0.25) is 4.79 Å². The van der Waals surface area contributed by atoms with Crippen LogP contribution in [0, 0.1) is 0 Å². The fraction of sp³-hybridized carbons (Fsp3) is 0.917. The fourth-order valence-electron chi connectivity index (χ4n) is 2.55. The maximum Gasteiger partial charge on any atom is 0.224 e. The molecule has 2 saturated heterocycles. The zero-order valence-electron chi connectivity index (χ0n) is 10.4. The topological polar surface area (TPSA) is 61.8 Å². The van der Waals surface area contributed by atoms with Crippen LogP contribution in [0.2, 0.25) is 0 Å².